The second-order valence-electron chi connectivity index (χ2n) is 6.05. The first kappa shape index (κ1) is 15.1. The van der Waals surface area contributed by atoms with Crippen LogP contribution in [-0.4, -0.2) is 29.5 Å². The molecule has 1 saturated heterocycles. The highest BCUT2D eigenvalue weighted by Gasteiger charge is 2.18. The van der Waals surface area contributed by atoms with Crippen molar-refractivity contribution in [2.45, 2.75) is 19.3 Å². The third kappa shape index (κ3) is 2.99. The zero-order chi connectivity index (χ0) is 15.6. The van der Waals surface area contributed by atoms with E-state index in [1.165, 1.54) is 46.5 Å². The molecule has 1 aliphatic rings. The first-order valence-corrected chi connectivity index (χ1v) is 9.89. The summed E-state index contributed by atoms with van der Waals surface area (Å²) in [5, 5.41) is 3.42. The highest BCUT2D eigenvalue weighted by atomic mass is 32.1. The Kier molecular flexibility index (Phi) is 4.29. The van der Waals surface area contributed by atoms with Crippen molar-refractivity contribution in [3.63, 3.8) is 0 Å². The molecule has 0 spiro atoms. The molecule has 1 aromatic carbocycles. The van der Waals surface area contributed by atoms with Crippen LogP contribution >= 0.6 is 22.7 Å². The molecule has 0 bridgehead atoms. The molecule has 0 atom stereocenters. The predicted molar refractivity (Wildman–Crippen MR) is 101 cm³/mol. The van der Waals surface area contributed by atoms with Crippen molar-refractivity contribution in [3.05, 3.63) is 57.9 Å². The Morgan fingerprint density at radius 2 is 2.04 bits per heavy atom. The summed E-state index contributed by atoms with van der Waals surface area (Å²) in [6.07, 6.45) is 3.81. The summed E-state index contributed by atoms with van der Waals surface area (Å²) < 4.78 is 1.36. The first-order chi connectivity index (χ1) is 11.3. The fourth-order valence-electron chi connectivity index (χ4n) is 3.36. The van der Waals surface area contributed by atoms with Gasteiger partial charge in [-0.05, 0) is 38.4 Å². The van der Waals surface area contributed by atoms with Crippen LogP contribution in [0.15, 0.2) is 41.7 Å². The third-order valence-corrected chi connectivity index (χ3v) is 6.38. The summed E-state index contributed by atoms with van der Waals surface area (Å²) in [7, 11) is 0. The summed E-state index contributed by atoms with van der Waals surface area (Å²) >= 11 is 3.55. The van der Waals surface area contributed by atoms with Crippen LogP contribution in [0.1, 0.15) is 29.0 Å². The number of hydrogen-bond acceptors (Lipinski definition) is 4. The molecule has 118 valence electrons. The molecule has 0 saturated carbocycles. The molecule has 1 fully saturated rings. The van der Waals surface area contributed by atoms with Crippen molar-refractivity contribution >= 4 is 38.3 Å². The van der Waals surface area contributed by atoms with E-state index in [1.807, 2.05) is 16.8 Å². The van der Waals surface area contributed by atoms with Gasteiger partial charge < -0.3 is 4.90 Å². The number of nitrogens with zero attached hydrogens (tertiary/aromatic N) is 2. The van der Waals surface area contributed by atoms with Crippen LogP contribution in [-0.2, 0) is 6.42 Å². The molecule has 0 unspecified atom stereocenters. The molecule has 4 rings (SSSR count). The van der Waals surface area contributed by atoms with Crippen molar-refractivity contribution in [3.8, 4) is 0 Å². The molecule has 0 amide bonds. The maximum Gasteiger partial charge on any atom is 0.0811 e. The Morgan fingerprint density at radius 1 is 1.22 bits per heavy atom. The average molecular weight is 341 g/mol. The maximum atomic E-state index is 4.47. The summed E-state index contributed by atoms with van der Waals surface area (Å²) in [5.74, 6) is 0. The van der Waals surface area contributed by atoms with Crippen molar-refractivity contribution in [2.75, 3.05) is 19.6 Å². The Labute approximate surface area is 145 Å². The highest BCUT2D eigenvalue weighted by Crippen LogP contribution is 2.38. The Morgan fingerprint density at radius 3 is 2.83 bits per heavy atom. The van der Waals surface area contributed by atoms with Crippen molar-refractivity contribution in [2.24, 2.45) is 0 Å². The van der Waals surface area contributed by atoms with E-state index in [-0.39, 0.29) is 0 Å². The smallest absolute Gasteiger partial charge is 0.0811 e. The minimum Gasteiger partial charge on any atom is -0.303 e. The lowest BCUT2D eigenvalue weighted by molar-refractivity contribution is 0.344. The maximum absolute atomic E-state index is 4.47. The summed E-state index contributed by atoms with van der Waals surface area (Å²) in [6, 6.07) is 8.69. The van der Waals surface area contributed by atoms with E-state index in [9.17, 15) is 0 Å². The van der Waals surface area contributed by atoms with Crippen LogP contribution in [0.25, 0.3) is 15.7 Å². The molecule has 0 radical (unpaired) electrons. The van der Waals surface area contributed by atoms with Crippen LogP contribution < -0.4 is 0 Å². The van der Waals surface area contributed by atoms with E-state index in [2.05, 4.69) is 46.1 Å². The molecular weight excluding hydrogens is 320 g/mol. The van der Waals surface area contributed by atoms with Gasteiger partial charge in [0.15, 0.2) is 0 Å². The van der Waals surface area contributed by atoms with E-state index in [4.69, 9.17) is 0 Å². The van der Waals surface area contributed by atoms with E-state index >= 15 is 0 Å². The summed E-state index contributed by atoms with van der Waals surface area (Å²) in [6.45, 7) is 8.04. The fourth-order valence-corrected chi connectivity index (χ4v) is 5.15. The lowest BCUT2D eigenvalue weighted by atomic mass is 10.00. The number of fused-ring (bicyclic) bond motifs is 1. The SMILES string of the molecule is C=C(c1cscn1)c1c(CCN2CCCC2)sc2ccccc12. The number of benzene rings is 1. The second kappa shape index (κ2) is 6.56. The number of thiophene rings is 1. The van der Waals surface area contributed by atoms with E-state index in [0.29, 0.717) is 0 Å². The Balaban J connectivity index is 1.70. The third-order valence-electron chi connectivity index (χ3n) is 4.57. The van der Waals surface area contributed by atoms with Crippen LogP contribution in [0.4, 0.5) is 0 Å². The minimum absolute atomic E-state index is 1.01. The van der Waals surface area contributed by atoms with Gasteiger partial charge in [0.2, 0.25) is 0 Å². The van der Waals surface area contributed by atoms with Gasteiger partial charge in [-0.2, -0.15) is 0 Å². The molecule has 3 aromatic rings. The Bertz CT molecular complexity index is 811. The second-order valence-corrected chi connectivity index (χ2v) is 7.90. The van der Waals surface area contributed by atoms with Crippen molar-refractivity contribution in [1.82, 2.24) is 9.88 Å². The average Bonchev–Trinajstić information content (AvgIpc) is 3.31. The number of rotatable bonds is 5. The largest absolute Gasteiger partial charge is 0.303 e. The summed E-state index contributed by atoms with van der Waals surface area (Å²) in [4.78, 5) is 8.51. The quantitative estimate of drug-likeness (QED) is 0.645. The van der Waals surface area contributed by atoms with Gasteiger partial charge in [0.25, 0.3) is 0 Å². The van der Waals surface area contributed by atoms with E-state index < -0.39 is 0 Å². The fraction of sp³-hybridized carbons (Fsp3) is 0.316. The van der Waals surface area contributed by atoms with Gasteiger partial charge in [-0.25, -0.2) is 4.98 Å². The van der Waals surface area contributed by atoms with Gasteiger partial charge >= 0.3 is 0 Å². The van der Waals surface area contributed by atoms with Crippen LogP contribution in [0, 0.1) is 0 Å². The van der Waals surface area contributed by atoms with Crippen LogP contribution in [0.2, 0.25) is 0 Å². The lowest BCUT2D eigenvalue weighted by Crippen LogP contribution is -2.21. The zero-order valence-electron chi connectivity index (χ0n) is 13.1. The molecule has 1 aliphatic heterocycles. The number of likely N-dealkylation sites (tertiary alicyclic amines) is 1. The number of aromatic nitrogens is 1. The normalized spacial score (nSPS) is 15.5. The first-order valence-electron chi connectivity index (χ1n) is 8.13. The molecular formula is C19H20N2S2. The zero-order valence-corrected chi connectivity index (χ0v) is 14.8. The number of hydrogen-bond donors (Lipinski definition) is 0. The van der Waals surface area contributed by atoms with Gasteiger partial charge in [0, 0.05) is 38.0 Å². The Hall–Kier alpha value is -1.49. The van der Waals surface area contributed by atoms with Gasteiger partial charge in [0.05, 0.1) is 11.2 Å². The monoisotopic (exact) mass is 340 g/mol. The van der Waals surface area contributed by atoms with Gasteiger partial charge in [0.1, 0.15) is 0 Å². The molecule has 3 heterocycles. The molecule has 0 aliphatic carbocycles. The van der Waals surface area contributed by atoms with Gasteiger partial charge in [-0.1, -0.05) is 24.8 Å². The van der Waals surface area contributed by atoms with E-state index in [1.54, 1.807) is 11.3 Å². The van der Waals surface area contributed by atoms with Gasteiger partial charge in [-0.15, -0.1) is 22.7 Å². The van der Waals surface area contributed by atoms with Crippen LogP contribution in [0.5, 0.6) is 0 Å². The van der Waals surface area contributed by atoms with Crippen LogP contribution in [0.3, 0.4) is 0 Å². The van der Waals surface area contributed by atoms with Crippen molar-refractivity contribution < 1.29 is 0 Å². The van der Waals surface area contributed by atoms with Crippen molar-refractivity contribution in [1.29, 1.82) is 0 Å². The predicted octanol–water partition coefficient (Wildman–Crippen LogP) is 5.06. The lowest BCUT2D eigenvalue weighted by Gasteiger charge is -2.14. The van der Waals surface area contributed by atoms with E-state index in [0.717, 1.165) is 24.2 Å². The highest BCUT2D eigenvalue weighted by molar-refractivity contribution is 7.19. The number of thiazole rings is 1. The molecule has 4 heteroatoms. The summed E-state index contributed by atoms with van der Waals surface area (Å²) in [5.41, 5.74) is 5.29. The molecule has 23 heavy (non-hydrogen) atoms. The molecule has 0 N–H and O–H groups in total. The topological polar surface area (TPSA) is 16.1 Å². The van der Waals surface area contributed by atoms with Gasteiger partial charge in [-0.3, -0.25) is 0 Å². The standard InChI is InChI=1S/C19H20N2S2/c1-14(16-12-22-13-20-16)19-15-6-2-3-7-17(15)23-18(19)8-11-21-9-4-5-10-21/h2-3,6-7,12-13H,1,4-5,8-11H2. The minimum atomic E-state index is 1.01. The molecule has 2 nitrogen and oxygen atoms in total. The molecule has 2 aromatic heterocycles.